The monoisotopic (exact) mass is 323 g/mol. The molecule has 3 atom stereocenters. The third-order valence-corrected chi connectivity index (χ3v) is 3.44. The minimum atomic E-state index is -0.702. The first-order valence-electron chi connectivity index (χ1n) is 7.11. The number of aliphatic hydroxyl groups excluding tert-OH is 1. The fourth-order valence-electron chi connectivity index (χ4n) is 2.25. The summed E-state index contributed by atoms with van der Waals surface area (Å²) in [4.78, 5) is 23.4. The first-order chi connectivity index (χ1) is 11.0. The Morgan fingerprint density at radius 2 is 2.17 bits per heavy atom. The molecule has 0 unspecified atom stereocenters. The highest BCUT2D eigenvalue weighted by molar-refractivity contribution is 5.94. The predicted molar refractivity (Wildman–Crippen MR) is 79.2 cm³/mol. The molecule has 23 heavy (non-hydrogen) atoms. The molecule has 1 aliphatic rings. The van der Waals surface area contributed by atoms with Crippen molar-refractivity contribution in [2.24, 2.45) is 0 Å². The summed E-state index contributed by atoms with van der Waals surface area (Å²) in [6.45, 7) is -0.337. The fourth-order valence-corrected chi connectivity index (χ4v) is 2.25. The summed E-state index contributed by atoms with van der Waals surface area (Å²) in [5, 5.41) is 12.1. The van der Waals surface area contributed by atoms with Gasteiger partial charge in [-0.25, -0.2) is 4.39 Å². The quantitative estimate of drug-likeness (QED) is 0.618. The number of hydrogen-bond acceptors (Lipinski definition) is 5. The van der Waals surface area contributed by atoms with Crippen molar-refractivity contribution in [1.82, 2.24) is 5.32 Å². The number of amides is 1. The normalized spacial score (nSPS) is 23.3. The first kappa shape index (κ1) is 17.1. The smallest absolute Gasteiger partial charge is 0.308 e. The maximum Gasteiger partial charge on any atom is 0.308 e. The van der Waals surface area contributed by atoms with Crippen LogP contribution in [0.5, 0.6) is 0 Å². The third kappa shape index (κ3) is 4.61. The lowest BCUT2D eigenvalue weighted by molar-refractivity contribution is -0.144. The number of nitrogens with one attached hydrogen (secondary N) is 1. The SMILES string of the molecule is COC(=O)C[C@H]1C=C[C@H](NC(=O)c2cccc(F)c2)[C@@H](CO)O1. The van der Waals surface area contributed by atoms with E-state index in [1.165, 1.54) is 25.3 Å². The summed E-state index contributed by atoms with van der Waals surface area (Å²) >= 11 is 0. The van der Waals surface area contributed by atoms with Gasteiger partial charge in [0.2, 0.25) is 0 Å². The Labute approximate surface area is 132 Å². The number of halogens is 1. The number of ether oxygens (including phenoxy) is 2. The van der Waals surface area contributed by atoms with Crippen molar-refractivity contribution < 1.29 is 28.6 Å². The third-order valence-electron chi connectivity index (χ3n) is 3.44. The molecule has 1 amide bonds. The van der Waals surface area contributed by atoms with Gasteiger partial charge in [0.05, 0.1) is 32.3 Å². The van der Waals surface area contributed by atoms with E-state index in [1.54, 1.807) is 12.2 Å². The van der Waals surface area contributed by atoms with Crippen LogP contribution in [0.3, 0.4) is 0 Å². The number of methoxy groups -OCH3 is 1. The van der Waals surface area contributed by atoms with Crippen LogP contribution in [-0.4, -0.2) is 48.9 Å². The number of esters is 1. The molecule has 0 saturated carbocycles. The Hall–Kier alpha value is -2.25. The molecule has 0 aromatic heterocycles. The molecular formula is C16H18FNO5. The number of carbonyl (C=O) groups is 2. The van der Waals surface area contributed by atoms with E-state index in [0.29, 0.717) is 0 Å². The van der Waals surface area contributed by atoms with Crippen LogP contribution in [-0.2, 0) is 14.3 Å². The minimum Gasteiger partial charge on any atom is -0.469 e. The van der Waals surface area contributed by atoms with E-state index in [2.05, 4.69) is 10.1 Å². The van der Waals surface area contributed by atoms with Gasteiger partial charge < -0.3 is 19.9 Å². The van der Waals surface area contributed by atoms with E-state index in [-0.39, 0.29) is 18.6 Å². The zero-order valence-corrected chi connectivity index (χ0v) is 12.6. The van der Waals surface area contributed by atoms with Crippen molar-refractivity contribution in [1.29, 1.82) is 0 Å². The number of aliphatic hydroxyl groups is 1. The van der Waals surface area contributed by atoms with Gasteiger partial charge >= 0.3 is 5.97 Å². The van der Waals surface area contributed by atoms with Gasteiger partial charge in [-0.2, -0.15) is 0 Å². The molecule has 0 fully saturated rings. The zero-order chi connectivity index (χ0) is 16.8. The Bertz CT molecular complexity index is 604. The molecule has 0 aliphatic carbocycles. The molecule has 6 nitrogen and oxygen atoms in total. The van der Waals surface area contributed by atoms with E-state index in [4.69, 9.17) is 4.74 Å². The molecule has 2 N–H and O–H groups in total. The molecule has 1 aromatic carbocycles. The van der Waals surface area contributed by atoms with Gasteiger partial charge in [0.15, 0.2) is 0 Å². The van der Waals surface area contributed by atoms with Gasteiger partial charge in [-0.3, -0.25) is 9.59 Å². The first-order valence-corrected chi connectivity index (χ1v) is 7.11. The van der Waals surface area contributed by atoms with Gasteiger partial charge in [0.25, 0.3) is 5.91 Å². The molecule has 0 saturated heterocycles. The molecule has 1 aromatic rings. The number of benzene rings is 1. The summed E-state index contributed by atoms with van der Waals surface area (Å²) in [7, 11) is 1.28. The molecule has 124 valence electrons. The van der Waals surface area contributed by atoms with Crippen LogP contribution < -0.4 is 5.32 Å². The van der Waals surface area contributed by atoms with E-state index >= 15 is 0 Å². The van der Waals surface area contributed by atoms with Crippen LogP contribution in [0.15, 0.2) is 36.4 Å². The number of carbonyl (C=O) groups excluding carboxylic acids is 2. The fraction of sp³-hybridized carbons (Fsp3) is 0.375. The summed E-state index contributed by atoms with van der Waals surface area (Å²) in [6, 6.07) is 4.71. The van der Waals surface area contributed by atoms with Gasteiger partial charge in [-0.1, -0.05) is 18.2 Å². The average Bonchev–Trinajstić information content (AvgIpc) is 2.55. The van der Waals surface area contributed by atoms with Crippen molar-refractivity contribution in [2.75, 3.05) is 13.7 Å². The van der Waals surface area contributed by atoms with Crippen molar-refractivity contribution in [2.45, 2.75) is 24.7 Å². The van der Waals surface area contributed by atoms with E-state index in [0.717, 1.165) is 6.07 Å². The molecular weight excluding hydrogens is 305 g/mol. The summed E-state index contributed by atoms with van der Waals surface area (Å²) in [5.41, 5.74) is 0.173. The van der Waals surface area contributed by atoms with E-state index in [1.807, 2.05) is 0 Å². The van der Waals surface area contributed by atoms with Crippen molar-refractivity contribution in [3.63, 3.8) is 0 Å². The van der Waals surface area contributed by atoms with Crippen LogP contribution in [0.25, 0.3) is 0 Å². The second kappa shape index (κ2) is 7.85. The van der Waals surface area contributed by atoms with Crippen LogP contribution in [0.4, 0.5) is 4.39 Å². The highest BCUT2D eigenvalue weighted by Gasteiger charge is 2.29. The molecule has 0 radical (unpaired) electrons. The van der Waals surface area contributed by atoms with Crippen LogP contribution in [0, 0.1) is 5.82 Å². The topological polar surface area (TPSA) is 84.9 Å². The van der Waals surface area contributed by atoms with Gasteiger partial charge in [-0.05, 0) is 18.2 Å². The van der Waals surface area contributed by atoms with Crippen molar-refractivity contribution in [3.8, 4) is 0 Å². The molecule has 1 aliphatic heterocycles. The second-order valence-corrected chi connectivity index (χ2v) is 5.07. The Morgan fingerprint density at radius 1 is 1.39 bits per heavy atom. The van der Waals surface area contributed by atoms with E-state index < -0.39 is 35.9 Å². The van der Waals surface area contributed by atoms with Crippen LogP contribution in [0.1, 0.15) is 16.8 Å². The maximum absolute atomic E-state index is 13.2. The lowest BCUT2D eigenvalue weighted by atomic mass is 10.0. The Balaban J connectivity index is 2.03. The lowest BCUT2D eigenvalue weighted by Gasteiger charge is -2.31. The minimum absolute atomic E-state index is 0.0219. The molecule has 2 rings (SSSR count). The highest BCUT2D eigenvalue weighted by Crippen LogP contribution is 2.16. The maximum atomic E-state index is 13.2. The summed E-state index contributed by atoms with van der Waals surface area (Å²) in [5.74, 6) is -1.42. The second-order valence-electron chi connectivity index (χ2n) is 5.07. The van der Waals surface area contributed by atoms with Crippen LogP contribution in [0.2, 0.25) is 0 Å². The van der Waals surface area contributed by atoms with Gasteiger partial charge in [0.1, 0.15) is 11.9 Å². The highest BCUT2D eigenvalue weighted by atomic mass is 19.1. The Morgan fingerprint density at radius 3 is 2.83 bits per heavy atom. The standard InChI is InChI=1S/C16H18FNO5/c1-22-15(20)8-12-5-6-13(14(9-19)23-12)18-16(21)10-3-2-4-11(17)7-10/h2-7,12-14,19H,8-9H2,1H3,(H,18,21)/t12-,13+,14-/m1/s1. The largest absolute Gasteiger partial charge is 0.469 e. The zero-order valence-electron chi connectivity index (χ0n) is 12.6. The lowest BCUT2D eigenvalue weighted by Crippen LogP contribution is -2.48. The molecule has 1 heterocycles. The summed E-state index contributed by atoms with van der Waals surface area (Å²) < 4.78 is 23.3. The average molecular weight is 323 g/mol. The predicted octanol–water partition coefficient (Wildman–Crippen LogP) is 0.803. The summed E-state index contributed by atoms with van der Waals surface area (Å²) in [6.07, 6.45) is 2.07. The van der Waals surface area contributed by atoms with Gasteiger partial charge in [0, 0.05) is 5.56 Å². The van der Waals surface area contributed by atoms with E-state index in [9.17, 15) is 19.1 Å². The Kier molecular flexibility index (Phi) is 5.84. The van der Waals surface area contributed by atoms with Crippen molar-refractivity contribution >= 4 is 11.9 Å². The number of hydrogen-bond donors (Lipinski definition) is 2. The van der Waals surface area contributed by atoms with Crippen molar-refractivity contribution in [3.05, 3.63) is 47.8 Å². The van der Waals surface area contributed by atoms with Gasteiger partial charge in [-0.15, -0.1) is 0 Å². The molecule has 0 bridgehead atoms. The number of rotatable bonds is 5. The molecule has 0 spiro atoms. The van der Waals surface area contributed by atoms with Crippen LogP contribution >= 0.6 is 0 Å². The molecule has 7 heteroatoms.